The Labute approximate surface area is 171 Å². The van der Waals surface area contributed by atoms with Crippen molar-refractivity contribution in [1.82, 2.24) is 20.4 Å². The molecule has 4 amide bonds. The molecule has 0 saturated carbocycles. The summed E-state index contributed by atoms with van der Waals surface area (Å²) in [5.74, 6) is -2.29. The molecule has 3 unspecified atom stereocenters. The van der Waals surface area contributed by atoms with E-state index in [1.54, 1.807) is 12.1 Å². The molecular formula is C19H19ClN4O5. The standard InChI is InChI=1S/C19H19ClN4O5/c20-10-5-6-14(23-9-13(25)21-7-15(23)26)24(8-10)19(29)16-17(27)11-3-1-2-4-12(11)18(28)22-16/h1-4,10,14,16H,5-9H2,(H,21,25)(H,22,28). The lowest BCUT2D eigenvalue weighted by Crippen LogP contribution is -2.66. The Bertz CT molecular complexity index is 920. The second-order valence-electron chi connectivity index (χ2n) is 7.26. The van der Waals surface area contributed by atoms with Crippen LogP contribution in [0.25, 0.3) is 0 Å². The summed E-state index contributed by atoms with van der Waals surface area (Å²) in [6.45, 7) is -0.208. The fourth-order valence-corrected chi connectivity index (χ4v) is 4.26. The van der Waals surface area contributed by atoms with Crippen molar-refractivity contribution in [3.63, 3.8) is 0 Å². The molecule has 10 heteroatoms. The molecule has 4 rings (SSSR count). The van der Waals surface area contributed by atoms with E-state index in [4.69, 9.17) is 11.6 Å². The molecule has 0 bridgehead atoms. The minimum Gasteiger partial charge on any atom is -0.345 e. The van der Waals surface area contributed by atoms with E-state index in [9.17, 15) is 24.0 Å². The lowest BCUT2D eigenvalue weighted by Gasteiger charge is -2.45. The Kier molecular flexibility index (Phi) is 4.99. The summed E-state index contributed by atoms with van der Waals surface area (Å²) in [6.07, 6.45) is 0.234. The number of nitrogens with one attached hydrogen (secondary N) is 2. The van der Waals surface area contributed by atoms with Gasteiger partial charge in [-0.1, -0.05) is 18.2 Å². The number of alkyl halides is 1. The summed E-state index contributed by atoms with van der Waals surface area (Å²) in [5, 5.41) is 4.59. The van der Waals surface area contributed by atoms with Crippen LogP contribution in [-0.4, -0.2) is 76.4 Å². The van der Waals surface area contributed by atoms with E-state index < -0.39 is 29.8 Å². The summed E-state index contributed by atoms with van der Waals surface area (Å²) < 4.78 is 0. The molecule has 9 nitrogen and oxygen atoms in total. The van der Waals surface area contributed by atoms with Crippen LogP contribution in [0.5, 0.6) is 0 Å². The number of halogens is 1. The zero-order chi connectivity index (χ0) is 20.7. The highest BCUT2D eigenvalue weighted by Gasteiger charge is 2.44. The van der Waals surface area contributed by atoms with Crippen molar-refractivity contribution < 1.29 is 24.0 Å². The number of benzene rings is 1. The topological polar surface area (TPSA) is 116 Å². The van der Waals surface area contributed by atoms with Gasteiger partial charge in [-0.05, 0) is 18.9 Å². The zero-order valence-electron chi connectivity index (χ0n) is 15.4. The summed E-state index contributed by atoms with van der Waals surface area (Å²) >= 11 is 6.26. The number of amides is 4. The summed E-state index contributed by atoms with van der Waals surface area (Å²) in [6, 6.07) is 4.90. The predicted octanol–water partition coefficient (Wildman–Crippen LogP) is -0.504. The Balaban J connectivity index is 1.63. The first-order valence-corrected chi connectivity index (χ1v) is 9.75. The van der Waals surface area contributed by atoms with Crippen LogP contribution in [0, 0.1) is 0 Å². The number of carbonyl (C=O) groups excluding carboxylic acids is 5. The molecule has 1 aromatic rings. The zero-order valence-corrected chi connectivity index (χ0v) is 16.1. The lowest BCUT2D eigenvalue weighted by atomic mass is 9.92. The SMILES string of the molecule is O=C1CN(C2CCC(Cl)CN2C(=O)C2NC(=O)c3ccccc3C2=O)C(=O)CN1. The van der Waals surface area contributed by atoms with Crippen LogP contribution in [-0.2, 0) is 14.4 Å². The van der Waals surface area contributed by atoms with E-state index in [1.807, 2.05) is 0 Å². The molecule has 0 aromatic heterocycles. The average Bonchev–Trinajstić information content (AvgIpc) is 2.72. The van der Waals surface area contributed by atoms with Gasteiger partial charge < -0.3 is 20.4 Å². The number of rotatable bonds is 2. The second-order valence-corrected chi connectivity index (χ2v) is 7.88. The fraction of sp³-hybridized carbons (Fsp3) is 0.421. The van der Waals surface area contributed by atoms with Crippen LogP contribution in [0.4, 0.5) is 0 Å². The summed E-state index contributed by atoms with van der Waals surface area (Å²) in [7, 11) is 0. The van der Waals surface area contributed by atoms with Gasteiger partial charge in [0, 0.05) is 12.1 Å². The van der Waals surface area contributed by atoms with Crippen molar-refractivity contribution >= 4 is 41.0 Å². The number of ketones is 1. The highest BCUT2D eigenvalue weighted by atomic mass is 35.5. The van der Waals surface area contributed by atoms with Gasteiger partial charge in [0.05, 0.1) is 17.5 Å². The third kappa shape index (κ3) is 3.46. The van der Waals surface area contributed by atoms with Crippen molar-refractivity contribution in [3.05, 3.63) is 35.4 Å². The third-order valence-electron chi connectivity index (χ3n) is 5.43. The smallest absolute Gasteiger partial charge is 0.255 e. The van der Waals surface area contributed by atoms with Gasteiger partial charge in [0.1, 0.15) is 12.7 Å². The minimum absolute atomic E-state index is 0.109. The van der Waals surface area contributed by atoms with Crippen LogP contribution < -0.4 is 10.6 Å². The largest absolute Gasteiger partial charge is 0.345 e. The van der Waals surface area contributed by atoms with Gasteiger partial charge >= 0.3 is 0 Å². The van der Waals surface area contributed by atoms with Gasteiger partial charge in [-0.3, -0.25) is 24.0 Å². The van der Waals surface area contributed by atoms with Crippen molar-refractivity contribution in [2.75, 3.05) is 19.6 Å². The number of hydrogen-bond donors (Lipinski definition) is 2. The summed E-state index contributed by atoms with van der Waals surface area (Å²) in [4.78, 5) is 65.4. The maximum atomic E-state index is 13.3. The number of fused-ring (bicyclic) bond motifs is 1. The molecule has 3 heterocycles. The predicted molar refractivity (Wildman–Crippen MR) is 101 cm³/mol. The van der Waals surface area contributed by atoms with E-state index in [2.05, 4.69) is 10.6 Å². The van der Waals surface area contributed by atoms with E-state index >= 15 is 0 Å². The van der Waals surface area contributed by atoms with Gasteiger partial charge in [-0.25, -0.2) is 0 Å². The number of piperidine rings is 1. The van der Waals surface area contributed by atoms with Crippen LogP contribution in [0.1, 0.15) is 33.6 Å². The average molecular weight is 419 g/mol. The fourth-order valence-electron chi connectivity index (χ4n) is 3.98. The van der Waals surface area contributed by atoms with Gasteiger partial charge in [0.2, 0.25) is 11.8 Å². The molecule has 3 aliphatic heterocycles. The van der Waals surface area contributed by atoms with Crippen molar-refractivity contribution in [2.45, 2.75) is 30.4 Å². The second kappa shape index (κ2) is 7.47. The van der Waals surface area contributed by atoms with E-state index in [-0.39, 0.29) is 48.0 Å². The number of likely N-dealkylation sites (tertiary alicyclic amines) is 1. The monoisotopic (exact) mass is 418 g/mol. The van der Waals surface area contributed by atoms with Gasteiger partial charge in [0.15, 0.2) is 11.8 Å². The molecule has 152 valence electrons. The molecule has 0 aliphatic carbocycles. The first-order chi connectivity index (χ1) is 13.9. The maximum Gasteiger partial charge on any atom is 0.255 e. The maximum absolute atomic E-state index is 13.3. The van der Waals surface area contributed by atoms with Gasteiger partial charge in [0.25, 0.3) is 11.8 Å². The van der Waals surface area contributed by atoms with Crippen molar-refractivity contribution in [2.24, 2.45) is 0 Å². The molecule has 1 aromatic carbocycles. The van der Waals surface area contributed by atoms with E-state index in [0.717, 1.165) is 0 Å². The number of piperazine rings is 1. The quantitative estimate of drug-likeness (QED) is 0.496. The lowest BCUT2D eigenvalue weighted by molar-refractivity contribution is -0.154. The molecular weight excluding hydrogens is 400 g/mol. The number of Topliss-reactive ketones (excluding diaryl/α,β-unsaturated/α-hetero) is 1. The van der Waals surface area contributed by atoms with Crippen LogP contribution in [0.3, 0.4) is 0 Å². The van der Waals surface area contributed by atoms with E-state index in [0.29, 0.717) is 12.8 Å². The molecule has 2 N–H and O–H groups in total. The molecule has 3 atom stereocenters. The van der Waals surface area contributed by atoms with Crippen molar-refractivity contribution in [3.8, 4) is 0 Å². The van der Waals surface area contributed by atoms with Crippen LogP contribution >= 0.6 is 11.6 Å². The Morgan fingerprint density at radius 3 is 2.55 bits per heavy atom. The molecule has 2 fully saturated rings. The van der Waals surface area contributed by atoms with Gasteiger partial charge in [-0.2, -0.15) is 0 Å². The van der Waals surface area contributed by atoms with Gasteiger partial charge in [-0.15, -0.1) is 11.6 Å². The number of nitrogens with zero attached hydrogens (tertiary/aromatic N) is 2. The molecule has 2 saturated heterocycles. The van der Waals surface area contributed by atoms with Crippen LogP contribution in [0.2, 0.25) is 0 Å². The number of carbonyl (C=O) groups is 5. The minimum atomic E-state index is -1.39. The molecule has 29 heavy (non-hydrogen) atoms. The highest BCUT2D eigenvalue weighted by Crippen LogP contribution is 2.27. The summed E-state index contributed by atoms with van der Waals surface area (Å²) in [5.41, 5.74) is 0.397. The molecule has 0 spiro atoms. The Morgan fingerprint density at radius 2 is 1.79 bits per heavy atom. The van der Waals surface area contributed by atoms with Crippen LogP contribution in [0.15, 0.2) is 24.3 Å². The first-order valence-electron chi connectivity index (χ1n) is 9.31. The normalized spacial score (nSPS) is 27.3. The van der Waals surface area contributed by atoms with Crippen molar-refractivity contribution in [1.29, 1.82) is 0 Å². The first kappa shape index (κ1) is 19.4. The molecule has 0 radical (unpaired) electrons. The third-order valence-corrected chi connectivity index (χ3v) is 5.78. The Morgan fingerprint density at radius 1 is 1.07 bits per heavy atom. The Hall–Kier alpha value is -2.94. The highest BCUT2D eigenvalue weighted by molar-refractivity contribution is 6.23. The number of hydrogen-bond acceptors (Lipinski definition) is 5. The van der Waals surface area contributed by atoms with E-state index in [1.165, 1.54) is 21.9 Å². The molecule has 3 aliphatic rings.